The Balaban J connectivity index is 4.41. The molecule has 0 saturated heterocycles. The molecule has 6 heteroatoms. The molecule has 0 N–H and O–H groups in total. The van der Waals surface area contributed by atoms with Gasteiger partial charge in [0.2, 0.25) is 0 Å². The quantitative estimate of drug-likeness (QED) is 0.0262. The first-order valence-electron chi connectivity index (χ1n) is 28.4. The van der Waals surface area contributed by atoms with Crippen molar-refractivity contribution in [3.8, 4) is 0 Å². The van der Waals surface area contributed by atoms with Crippen molar-refractivity contribution in [3.05, 3.63) is 72.9 Å². The van der Waals surface area contributed by atoms with Gasteiger partial charge in [0.05, 0.1) is 0 Å². The average Bonchev–Trinajstić information content (AvgIpc) is 3.33. The van der Waals surface area contributed by atoms with Gasteiger partial charge in [-0.3, -0.25) is 14.4 Å². The Morgan fingerprint density at radius 2 is 0.582 bits per heavy atom. The van der Waals surface area contributed by atoms with E-state index < -0.39 is 6.10 Å². The fourth-order valence-electron chi connectivity index (χ4n) is 7.93. The Morgan fingerprint density at radius 3 is 0.970 bits per heavy atom. The van der Waals surface area contributed by atoms with Crippen LogP contribution in [0.1, 0.15) is 278 Å². The van der Waals surface area contributed by atoms with Gasteiger partial charge in [0.1, 0.15) is 13.2 Å². The summed E-state index contributed by atoms with van der Waals surface area (Å²) < 4.78 is 16.8. The molecule has 0 amide bonds. The van der Waals surface area contributed by atoms with Crippen molar-refractivity contribution in [1.82, 2.24) is 0 Å². The molecule has 0 aromatic heterocycles. The number of esters is 3. The van der Waals surface area contributed by atoms with Crippen LogP contribution in [-0.4, -0.2) is 37.2 Å². The van der Waals surface area contributed by atoms with Crippen molar-refractivity contribution in [2.45, 2.75) is 284 Å². The van der Waals surface area contributed by atoms with Crippen molar-refractivity contribution in [1.29, 1.82) is 0 Å². The predicted octanol–water partition coefficient (Wildman–Crippen LogP) is 19.0. The third kappa shape index (κ3) is 53.7. The maximum absolute atomic E-state index is 12.8. The zero-order valence-electron chi connectivity index (χ0n) is 44.2. The summed E-state index contributed by atoms with van der Waals surface area (Å²) in [5, 5.41) is 0. The van der Waals surface area contributed by atoms with E-state index in [9.17, 15) is 14.4 Å². The summed E-state index contributed by atoms with van der Waals surface area (Å²) >= 11 is 0. The molecule has 0 bridgehead atoms. The van der Waals surface area contributed by atoms with E-state index in [0.717, 1.165) is 83.5 Å². The smallest absolute Gasteiger partial charge is 0.306 e. The summed E-state index contributed by atoms with van der Waals surface area (Å²) in [7, 11) is 0. The number of unbranched alkanes of at least 4 members (excludes halogenated alkanes) is 28. The van der Waals surface area contributed by atoms with Gasteiger partial charge in [0.15, 0.2) is 6.10 Å². The molecule has 0 rings (SSSR count). The van der Waals surface area contributed by atoms with Gasteiger partial charge < -0.3 is 14.2 Å². The highest BCUT2D eigenvalue weighted by molar-refractivity contribution is 5.71. The molecule has 0 fully saturated rings. The average molecular weight is 936 g/mol. The molecule has 0 unspecified atom stereocenters. The minimum atomic E-state index is -0.797. The van der Waals surface area contributed by atoms with Gasteiger partial charge in [-0.15, -0.1) is 0 Å². The molecule has 1 atom stereocenters. The van der Waals surface area contributed by atoms with Crippen LogP contribution >= 0.6 is 0 Å². The zero-order valence-corrected chi connectivity index (χ0v) is 44.2. The molecular formula is C61H106O6. The van der Waals surface area contributed by atoms with Crippen molar-refractivity contribution in [3.63, 3.8) is 0 Å². The standard InChI is InChI=1S/C61H106O6/c1-4-7-10-13-16-19-22-25-28-29-30-31-34-36-39-42-45-48-51-54-60(63)66-57-58(67-61(64)55-52-49-46-43-40-37-33-27-24-21-18-15-12-9-6-3)56-65-59(62)53-50-47-44-41-38-35-32-26-23-20-17-14-11-8-5-2/h9,12,16,18-19,21,25,27-28,33,40,43,58H,4-8,10-11,13-15,17,20,22-24,26,29-32,34-39,41-42,44-57H2,1-3H3/b12-9-,19-16-,21-18-,28-25-,33-27-,43-40-/t58-/m1/s1. The lowest BCUT2D eigenvalue weighted by molar-refractivity contribution is -0.167. The lowest BCUT2D eigenvalue weighted by Gasteiger charge is -2.18. The van der Waals surface area contributed by atoms with Crippen LogP contribution < -0.4 is 0 Å². The molecule has 0 saturated carbocycles. The molecule has 0 aromatic carbocycles. The summed E-state index contributed by atoms with van der Waals surface area (Å²) in [5.41, 5.74) is 0. The van der Waals surface area contributed by atoms with Crippen LogP contribution in [0.25, 0.3) is 0 Å². The lowest BCUT2D eigenvalue weighted by Crippen LogP contribution is -2.30. The van der Waals surface area contributed by atoms with Crippen molar-refractivity contribution >= 4 is 17.9 Å². The molecule has 0 aliphatic carbocycles. The van der Waals surface area contributed by atoms with Crippen LogP contribution in [0.3, 0.4) is 0 Å². The molecular weight excluding hydrogens is 829 g/mol. The zero-order chi connectivity index (χ0) is 48.6. The van der Waals surface area contributed by atoms with Gasteiger partial charge in [-0.2, -0.15) is 0 Å². The number of rotatable bonds is 51. The summed E-state index contributed by atoms with van der Waals surface area (Å²) in [6.45, 7) is 6.48. The summed E-state index contributed by atoms with van der Waals surface area (Å²) in [4.78, 5) is 38.1. The van der Waals surface area contributed by atoms with Crippen LogP contribution in [0.5, 0.6) is 0 Å². The molecule has 6 nitrogen and oxygen atoms in total. The first-order valence-corrected chi connectivity index (χ1v) is 28.4. The number of carbonyl (C=O) groups excluding carboxylic acids is 3. The fourth-order valence-corrected chi connectivity index (χ4v) is 7.93. The van der Waals surface area contributed by atoms with Crippen LogP contribution in [-0.2, 0) is 28.6 Å². The topological polar surface area (TPSA) is 78.9 Å². The van der Waals surface area contributed by atoms with Gasteiger partial charge in [0.25, 0.3) is 0 Å². The van der Waals surface area contributed by atoms with E-state index in [1.807, 2.05) is 0 Å². The van der Waals surface area contributed by atoms with Crippen molar-refractivity contribution in [2.24, 2.45) is 0 Å². The molecule has 0 radical (unpaired) electrons. The summed E-state index contributed by atoms with van der Waals surface area (Å²) in [6.07, 6.45) is 70.3. The highest BCUT2D eigenvalue weighted by Gasteiger charge is 2.19. The number of hydrogen-bond donors (Lipinski definition) is 0. The van der Waals surface area contributed by atoms with Crippen LogP contribution in [0.4, 0.5) is 0 Å². The van der Waals surface area contributed by atoms with Gasteiger partial charge in [0, 0.05) is 19.3 Å². The number of carbonyl (C=O) groups is 3. The first kappa shape index (κ1) is 63.8. The summed E-state index contributed by atoms with van der Waals surface area (Å²) in [5.74, 6) is -0.929. The largest absolute Gasteiger partial charge is 0.462 e. The molecule has 0 spiro atoms. The Kier molecular flexibility index (Phi) is 52.8. The molecule has 0 heterocycles. The maximum atomic E-state index is 12.8. The molecule has 67 heavy (non-hydrogen) atoms. The second kappa shape index (κ2) is 55.4. The maximum Gasteiger partial charge on any atom is 0.306 e. The minimum absolute atomic E-state index is 0.0912. The van der Waals surface area contributed by atoms with Gasteiger partial charge in [-0.05, 0) is 89.9 Å². The third-order valence-corrected chi connectivity index (χ3v) is 12.2. The van der Waals surface area contributed by atoms with Gasteiger partial charge in [-0.25, -0.2) is 0 Å². The SMILES string of the molecule is CC/C=C\C/C=C\C/C=C\C/C=C\CCCCC(=O)O[C@@H](COC(=O)CCCCCCCCCCC/C=C\C/C=C\CCCCC)COC(=O)CCCCCCCCCCCCCCCCC. The third-order valence-electron chi connectivity index (χ3n) is 12.2. The number of allylic oxidation sites excluding steroid dienone is 12. The lowest BCUT2D eigenvalue weighted by atomic mass is 10.0. The first-order chi connectivity index (χ1) is 33.0. The number of ether oxygens (including phenoxy) is 3. The van der Waals surface area contributed by atoms with Crippen molar-refractivity contribution in [2.75, 3.05) is 13.2 Å². The second-order valence-electron chi connectivity index (χ2n) is 18.8. The molecule has 0 aliphatic heterocycles. The van der Waals surface area contributed by atoms with Gasteiger partial charge in [-0.1, -0.05) is 241 Å². The highest BCUT2D eigenvalue weighted by atomic mass is 16.6. The summed E-state index contributed by atoms with van der Waals surface area (Å²) in [6, 6.07) is 0. The highest BCUT2D eigenvalue weighted by Crippen LogP contribution is 2.16. The van der Waals surface area contributed by atoms with E-state index >= 15 is 0 Å². The Morgan fingerprint density at radius 1 is 0.313 bits per heavy atom. The molecule has 0 aromatic rings. The Hall–Kier alpha value is -3.15. The van der Waals surface area contributed by atoms with E-state index in [1.54, 1.807) is 0 Å². The molecule has 386 valence electrons. The van der Waals surface area contributed by atoms with Gasteiger partial charge >= 0.3 is 17.9 Å². The monoisotopic (exact) mass is 935 g/mol. The van der Waals surface area contributed by atoms with E-state index in [4.69, 9.17) is 14.2 Å². The van der Waals surface area contributed by atoms with E-state index in [-0.39, 0.29) is 37.5 Å². The van der Waals surface area contributed by atoms with Crippen LogP contribution in [0.2, 0.25) is 0 Å². The fraction of sp³-hybridized carbons (Fsp3) is 0.754. The van der Waals surface area contributed by atoms with Crippen molar-refractivity contribution < 1.29 is 28.6 Å². The van der Waals surface area contributed by atoms with E-state index in [2.05, 4.69) is 93.7 Å². The predicted molar refractivity (Wildman–Crippen MR) is 288 cm³/mol. The van der Waals surface area contributed by atoms with Crippen LogP contribution in [0.15, 0.2) is 72.9 Å². The normalized spacial score (nSPS) is 12.6. The Labute approximate surface area is 414 Å². The Bertz CT molecular complexity index is 1260. The van der Waals surface area contributed by atoms with E-state index in [1.165, 1.54) is 148 Å². The number of hydrogen-bond acceptors (Lipinski definition) is 6. The molecule has 0 aliphatic rings. The van der Waals surface area contributed by atoms with Crippen LogP contribution in [0, 0.1) is 0 Å². The second-order valence-corrected chi connectivity index (χ2v) is 18.8. The van der Waals surface area contributed by atoms with E-state index in [0.29, 0.717) is 19.3 Å². The minimum Gasteiger partial charge on any atom is -0.462 e.